The van der Waals surface area contributed by atoms with Crippen molar-refractivity contribution in [3.05, 3.63) is 54.5 Å². The van der Waals surface area contributed by atoms with E-state index < -0.39 is 60.2 Å². The van der Waals surface area contributed by atoms with E-state index in [0.717, 1.165) is 18.8 Å². The van der Waals surface area contributed by atoms with Gasteiger partial charge >= 0.3 is 13.6 Å². The lowest BCUT2D eigenvalue weighted by molar-refractivity contribution is -0.146. The van der Waals surface area contributed by atoms with E-state index in [1.807, 2.05) is 13.8 Å². The number of fused-ring (bicyclic) bond motifs is 1. The first kappa shape index (κ1) is 46.3. The van der Waals surface area contributed by atoms with Gasteiger partial charge < -0.3 is 28.6 Å². The second-order valence-corrected chi connectivity index (χ2v) is 29.1. The van der Waals surface area contributed by atoms with Crippen LogP contribution >= 0.6 is 7.60 Å². The van der Waals surface area contributed by atoms with E-state index in [2.05, 4.69) is 88.9 Å². The zero-order chi connectivity index (χ0) is 42.6. The highest BCUT2D eigenvalue weighted by Crippen LogP contribution is 2.52. The van der Waals surface area contributed by atoms with E-state index in [4.69, 9.17) is 33.1 Å². The van der Waals surface area contributed by atoms with Crippen molar-refractivity contribution in [3.63, 3.8) is 0 Å². The molecule has 0 bridgehead atoms. The van der Waals surface area contributed by atoms with Gasteiger partial charge in [0.1, 0.15) is 54.0 Å². The molecule has 314 valence electrons. The Balaban J connectivity index is 1.83. The number of nitriles is 1. The van der Waals surface area contributed by atoms with Crippen molar-refractivity contribution in [2.75, 3.05) is 18.9 Å². The van der Waals surface area contributed by atoms with Gasteiger partial charge in [0.05, 0.1) is 18.9 Å². The molecule has 1 aliphatic rings. The van der Waals surface area contributed by atoms with E-state index in [-0.39, 0.29) is 40.8 Å². The number of rotatable bonds is 17. The fourth-order valence-electron chi connectivity index (χ4n) is 5.79. The largest absolute Gasteiger partial charge is 0.464 e. The number of esters is 1. The van der Waals surface area contributed by atoms with E-state index in [9.17, 15) is 14.6 Å². The van der Waals surface area contributed by atoms with Crippen LogP contribution in [-0.4, -0.2) is 80.7 Å². The summed E-state index contributed by atoms with van der Waals surface area (Å²) in [5, 5.41) is 15.3. The smallest absolute Gasteiger partial charge is 0.421 e. The molecule has 4 rings (SSSR count). The number of hydrogen-bond acceptors (Lipinski definition) is 13. The standard InChI is InChI=1S/C40H63N6O8PSi2/c1-14-29(15-2)23-49-37(47)28(3)44-27-55(48,52-30-19-17-16-18-20-30)50-24-32-34(53-56(10,11)38(4,5)6)35(54-57(12,13)39(7,8)9)40(25-41,51-32)33-22-21-31-36(42)43-26-45-46(31)33/h16-22,26-29,32,34-35H,14-15,23-24H2,1-13H3,(H2,42,43,45)/b44-27-/t28-,32+,34?,35?,40-,55?/m0/s1. The topological polar surface area (TPSA) is 182 Å². The fraction of sp³-hybridized carbons (Fsp3) is 0.625. The molecule has 2 aromatic heterocycles. The van der Waals surface area contributed by atoms with Crippen LogP contribution in [0.4, 0.5) is 5.82 Å². The second-order valence-electron chi connectivity index (χ2n) is 17.8. The number of nitrogen functional groups attached to an aromatic ring is 1. The third kappa shape index (κ3) is 10.4. The monoisotopic (exact) mass is 842 g/mol. The summed E-state index contributed by atoms with van der Waals surface area (Å²) in [5.74, 6) is 1.21. The van der Waals surface area contributed by atoms with Crippen molar-refractivity contribution in [1.29, 1.82) is 5.26 Å². The summed E-state index contributed by atoms with van der Waals surface area (Å²) in [7, 11) is -9.58. The van der Waals surface area contributed by atoms with Crippen LogP contribution in [0.3, 0.4) is 0 Å². The second kappa shape index (κ2) is 17.8. The van der Waals surface area contributed by atoms with Crippen LogP contribution in [0.2, 0.25) is 36.3 Å². The zero-order valence-electron chi connectivity index (χ0n) is 35.9. The molecule has 6 atom stereocenters. The van der Waals surface area contributed by atoms with Gasteiger partial charge in [0.25, 0.3) is 0 Å². The number of benzene rings is 1. The van der Waals surface area contributed by atoms with Crippen molar-refractivity contribution in [1.82, 2.24) is 14.6 Å². The predicted octanol–water partition coefficient (Wildman–Crippen LogP) is 8.89. The lowest BCUT2D eigenvalue weighted by Gasteiger charge is -2.45. The lowest BCUT2D eigenvalue weighted by Crippen LogP contribution is -2.56. The predicted molar refractivity (Wildman–Crippen MR) is 227 cm³/mol. The number of aliphatic imine (C=N–C) groups is 1. The summed E-state index contributed by atoms with van der Waals surface area (Å²) in [4.78, 5) is 21.4. The van der Waals surface area contributed by atoms with E-state index in [0.29, 0.717) is 11.2 Å². The van der Waals surface area contributed by atoms with Crippen molar-refractivity contribution in [2.24, 2.45) is 10.9 Å². The van der Waals surface area contributed by atoms with Gasteiger partial charge in [0.2, 0.25) is 5.60 Å². The van der Waals surface area contributed by atoms with Crippen molar-refractivity contribution < 1.29 is 36.7 Å². The number of aromatic nitrogens is 3. The molecular formula is C40H63N6O8PSi2. The molecule has 0 spiro atoms. The molecule has 57 heavy (non-hydrogen) atoms. The van der Waals surface area contributed by atoms with Crippen LogP contribution in [0.15, 0.2) is 53.8 Å². The van der Waals surface area contributed by atoms with Gasteiger partial charge in [-0.25, -0.2) is 18.9 Å². The summed E-state index contributed by atoms with van der Waals surface area (Å²) in [6.07, 6.45) is 0.173. The minimum Gasteiger partial charge on any atom is -0.464 e. The molecule has 0 saturated carbocycles. The summed E-state index contributed by atoms with van der Waals surface area (Å²) < 4.78 is 55.4. The Kier molecular flexibility index (Phi) is 14.5. The average Bonchev–Trinajstić information content (AvgIpc) is 3.70. The SMILES string of the molecule is CCC(CC)COC(=O)[C@H](C)/N=C\P(=O)(OC[C@H]1O[C@@](C#N)(c2ccc3c(N)ncnn23)C(O[Si](C)(C)C(C)(C)C)C1O[Si](C)(C)C(C)(C)C)Oc1ccccc1. The van der Waals surface area contributed by atoms with Crippen LogP contribution < -0.4 is 10.3 Å². The van der Waals surface area contributed by atoms with Gasteiger partial charge in [-0.15, -0.1) is 0 Å². The number of anilines is 1. The molecule has 17 heteroatoms. The maximum atomic E-state index is 14.7. The molecule has 3 aromatic rings. The first-order valence-electron chi connectivity index (χ1n) is 19.7. The molecule has 0 amide bonds. The molecule has 1 fully saturated rings. The molecule has 1 aliphatic heterocycles. The van der Waals surface area contributed by atoms with Crippen molar-refractivity contribution >= 4 is 47.5 Å². The molecule has 0 aliphatic carbocycles. The normalized spacial score (nSPS) is 22.4. The van der Waals surface area contributed by atoms with Gasteiger partial charge in [0.15, 0.2) is 22.5 Å². The number of nitrogens with zero attached hydrogens (tertiary/aromatic N) is 5. The van der Waals surface area contributed by atoms with E-state index in [1.165, 1.54) is 6.33 Å². The Morgan fingerprint density at radius 3 is 2.25 bits per heavy atom. The molecular weight excluding hydrogens is 780 g/mol. The Bertz CT molecular complexity index is 1950. The lowest BCUT2D eigenvalue weighted by atomic mass is 9.92. The van der Waals surface area contributed by atoms with Gasteiger partial charge in [-0.1, -0.05) is 86.4 Å². The highest BCUT2D eigenvalue weighted by Gasteiger charge is 2.63. The number of carbonyl (C=O) groups excluding carboxylic acids is 1. The number of nitrogens with two attached hydrogens (primary N) is 1. The third-order valence-electron chi connectivity index (χ3n) is 11.7. The van der Waals surface area contributed by atoms with Gasteiger partial charge in [-0.2, -0.15) is 10.4 Å². The first-order chi connectivity index (χ1) is 26.4. The zero-order valence-corrected chi connectivity index (χ0v) is 38.8. The van der Waals surface area contributed by atoms with Crippen molar-refractivity contribution in [2.45, 2.75) is 141 Å². The summed E-state index contributed by atoms with van der Waals surface area (Å²) in [6, 6.07) is 13.5. The Hall–Kier alpha value is -3.43. The Morgan fingerprint density at radius 1 is 1.05 bits per heavy atom. The van der Waals surface area contributed by atoms with Crippen LogP contribution in [0, 0.1) is 17.2 Å². The molecule has 3 unspecified atom stereocenters. The van der Waals surface area contributed by atoms with E-state index in [1.54, 1.807) is 53.9 Å². The molecule has 3 heterocycles. The highest BCUT2D eigenvalue weighted by atomic mass is 31.2. The van der Waals surface area contributed by atoms with E-state index >= 15 is 0 Å². The van der Waals surface area contributed by atoms with Crippen molar-refractivity contribution in [3.8, 4) is 11.8 Å². The fourth-order valence-corrected chi connectivity index (χ4v) is 9.69. The quantitative estimate of drug-likeness (QED) is 0.0591. The summed E-state index contributed by atoms with van der Waals surface area (Å²) in [6.45, 7) is 26.7. The molecule has 1 aromatic carbocycles. The number of carbonyl (C=O) groups is 1. The maximum absolute atomic E-state index is 14.7. The molecule has 2 N–H and O–H groups in total. The third-order valence-corrected chi connectivity index (χ3v) is 22.0. The van der Waals surface area contributed by atoms with Crippen LogP contribution in [0.5, 0.6) is 5.75 Å². The average molecular weight is 843 g/mol. The Labute approximate surface area is 340 Å². The molecule has 1 saturated heterocycles. The number of para-hydroxylation sites is 1. The minimum absolute atomic E-state index is 0.227. The van der Waals surface area contributed by atoms with Gasteiger partial charge in [-0.3, -0.25) is 9.52 Å². The minimum atomic E-state index is -4.27. The van der Waals surface area contributed by atoms with Crippen LogP contribution in [0.1, 0.15) is 80.8 Å². The van der Waals surface area contributed by atoms with Gasteiger partial charge in [-0.05, 0) is 73.4 Å². The number of ether oxygens (including phenoxy) is 2. The summed E-state index contributed by atoms with van der Waals surface area (Å²) >= 11 is 0. The number of hydrogen-bond donors (Lipinski definition) is 1. The highest BCUT2D eigenvalue weighted by molar-refractivity contribution is 7.70. The Morgan fingerprint density at radius 2 is 1.67 bits per heavy atom. The molecule has 14 nitrogen and oxygen atoms in total. The molecule has 0 radical (unpaired) electrons. The van der Waals surface area contributed by atoms with Crippen LogP contribution in [-0.2, 0) is 37.8 Å². The van der Waals surface area contributed by atoms with Crippen LogP contribution in [0.25, 0.3) is 5.52 Å². The maximum Gasteiger partial charge on any atom is 0.421 e. The summed E-state index contributed by atoms with van der Waals surface area (Å²) in [5.41, 5.74) is 5.32. The van der Waals surface area contributed by atoms with Gasteiger partial charge in [0, 0.05) is 0 Å². The first-order valence-corrected chi connectivity index (χ1v) is 27.1.